The minimum absolute atomic E-state index is 0.0232. The zero-order chi connectivity index (χ0) is 13.2. The van der Waals surface area contributed by atoms with E-state index in [4.69, 9.17) is 0 Å². The van der Waals surface area contributed by atoms with Gasteiger partial charge in [-0.25, -0.2) is 5.10 Å². The predicted molar refractivity (Wildman–Crippen MR) is 68.9 cm³/mol. The van der Waals surface area contributed by atoms with Crippen molar-refractivity contribution in [3.05, 3.63) is 52.6 Å². The van der Waals surface area contributed by atoms with E-state index in [1.165, 1.54) is 12.5 Å². The van der Waals surface area contributed by atoms with E-state index in [0.717, 1.165) is 0 Å². The average Bonchev–Trinajstić information content (AvgIpc) is 2.92. The van der Waals surface area contributed by atoms with Crippen LogP contribution in [0.4, 0.5) is 5.95 Å². The molecule has 0 aliphatic carbocycles. The molecule has 2 aromatic heterocycles. The van der Waals surface area contributed by atoms with Crippen molar-refractivity contribution in [2.45, 2.75) is 0 Å². The second-order valence-electron chi connectivity index (χ2n) is 3.87. The molecule has 7 nitrogen and oxygen atoms in total. The number of aromatic nitrogens is 4. The Labute approximate surface area is 106 Å². The second-order valence-corrected chi connectivity index (χ2v) is 3.87. The Bertz CT molecular complexity index is 791. The Morgan fingerprint density at radius 3 is 2.89 bits per heavy atom. The van der Waals surface area contributed by atoms with Crippen LogP contribution in [0.1, 0.15) is 10.4 Å². The molecule has 3 aromatic rings. The maximum atomic E-state index is 12.2. The maximum absolute atomic E-state index is 12.2. The van der Waals surface area contributed by atoms with Gasteiger partial charge in [0.25, 0.3) is 5.91 Å². The van der Waals surface area contributed by atoms with Gasteiger partial charge in [0.05, 0.1) is 0 Å². The molecule has 0 unspecified atom stereocenters. The van der Waals surface area contributed by atoms with Crippen LogP contribution in [0, 0.1) is 0 Å². The highest BCUT2D eigenvalue weighted by Crippen LogP contribution is 2.07. The highest BCUT2D eigenvalue weighted by Gasteiger charge is 2.13. The topological polar surface area (TPSA) is 104 Å². The molecule has 0 atom stereocenters. The molecule has 2 heterocycles. The summed E-state index contributed by atoms with van der Waals surface area (Å²) in [5.74, 6) is -0.346. The van der Waals surface area contributed by atoms with Crippen LogP contribution >= 0.6 is 0 Å². The van der Waals surface area contributed by atoms with Gasteiger partial charge in [0, 0.05) is 17.1 Å². The molecule has 0 saturated carbocycles. The molecule has 0 aliphatic heterocycles. The van der Waals surface area contributed by atoms with Crippen molar-refractivity contribution in [1.29, 1.82) is 0 Å². The molecule has 0 radical (unpaired) electrons. The normalized spacial score (nSPS) is 10.5. The molecule has 1 amide bonds. The molecule has 0 fully saturated rings. The van der Waals surface area contributed by atoms with Gasteiger partial charge in [0.1, 0.15) is 11.9 Å². The molecule has 0 aliphatic rings. The summed E-state index contributed by atoms with van der Waals surface area (Å²) < 4.78 is 0. The number of aromatic amines is 2. The van der Waals surface area contributed by atoms with Crippen molar-refractivity contribution in [3.63, 3.8) is 0 Å². The van der Waals surface area contributed by atoms with Gasteiger partial charge in [-0.15, -0.1) is 0 Å². The quantitative estimate of drug-likeness (QED) is 0.632. The lowest BCUT2D eigenvalue weighted by Gasteiger charge is -2.03. The third kappa shape index (κ3) is 1.97. The first kappa shape index (κ1) is 11.1. The summed E-state index contributed by atoms with van der Waals surface area (Å²) in [5, 5.41) is 9.01. The molecule has 1 aromatic carbocycles. The van der Waals surface area contributed by atoms with E-state index in [2.05, 4.69) is 25.5 Å². The van der Waals surface area contributed by atoms with Crippen LogP contribution in [-0.2, 0) is 0 Å². The second kappa shape index (κ2) is 4.37. The molecular formula is C12H9N5O2. The standard InChI is InChI=1S/C12H9N5O2/c18-10-7-3-1-2-4-9(7)13-5-8(10)11(19)16-12-14-6-15-17-12/h1-6H,(H,13,18)(H2,14,15,16,17,19). The number of fused-ring (bicyclic) bond motifs is 1. The number of amides is 1. The van der Waals surface area contributed by atoms with Crippen LogP contribution in [0.2, 0.25) is 0 Å². The molecule has 0 saturated heterocycles. The van der Waals surface area contributed by atoms with Crippen molar-refractivity contribution < 1.29 is 4.79 Å². The van der Waals surface area contributed by atoms with Gasteiger partial charge >= 0.3 is 0 Å². The Morgan fingerprint density at radius 2 is 2.11 bits per heavy atom. The zero-order valence-electron chi connectivity index (χ0n) is 9.68. The first-order chi connectivity index (χ1) is 9.25. The molecule has 0 spiro atoms. The number of hydrogen-bond donors (Lipinski definition) is 3. The number of benzene rings is 1. The van der Waals surface area contributed by atoms with Crippen LogP contribution in [0.25, 0.3) is 10.9 Å². The largest absolute Gasteiger partial charge is 0.360 e. The lowest BCUT2D eigenvalue weighted by molar-refractivity contribution is 0.102. The monoisotopic (exact) mass is 255 g/mol. The predicted octanol–water partition coefficient (Wildman–Crippen LogP) is 0.898. The number of H-pyrrole nitrogens is 2. The minimum Gasteiger partial charge on any atom is -0.360 e. The number of rotatable bonds is 2. The van der Waals surface area contributed by atoms with Crippen LogP contribution in [0.5, 0.6) is 0 Å². The Hall–Kier alpha value is -2.96. The fourth-order valence-electron chi connectivity index (χ4n) is 1.78. The number of carbonyl (C=O) groups excluding carboxylic acids is 1. The Balaban J connectivity index is 2.03. The third-order valence-corrected chi connectivity index (χ3v) is 2.68. The van der Waals surface area contributed by atoms with Gasteiger partial charge in [-0.2, -0.15) is 10.1 Å². The average molecular weight is 255 g/mol. The fraction of sp³-hybridized carbons (Fsp3) is 0. The lowest BCUT2D eigenvalue weighted by Crippen LogP contribution is -2.22. The lowest BCUT2D eigenvalue weighted by atomic mass is 10.1. The molecule has 0 bridgehead atoms. The third-order valence-electron chi connectivity index (χ3n) is 2.68. The number of pyridine rings is 1. The summed E-state index contributed by atoms with van der Waals surface area (Å²) in [7, 11) is 0. The highest BCUT2D eigenvalue weighted by molar-refractivity contribution is 6.04. The Kier molecular flexibility index (Phi) is 2.57. The SMILES string of the molecule is O=C(Nc1ncn[nH]1)c1c[nH]c2ccccc2c1=O. The molecule has 94 valence electrons. The van der Waals surface area contributed by atoms with Gasteiger partial charge < -0.3 is 4.98 Å². The van der Waals surface area contributed by atoms with Gasteiger partial charge in [0.2, 0.25) is 11.4 Å². The summed E-state index contributed by atoms with van der Waals surface area (Å²) in [6.45, 7) is 0. The van der Waals surface area contributed by atoms with Gasteiger partial charge in [0.15, 0.2) is 0 Å². The van der Waals surface area contributed by atoms with Gasteiger partial charge in [-0.1, -0.05) is 12.1 Å². The molecular weight excluding hydrogens is 246 g/mol. The Morgan fingerprint density at radius 1 is 1.26 bits per heavy atom. The summed E-state index contributed by atoms with van der Waals surface area (Å²) in [6.07, 6.45) is 2.65. The van der Waals surface area contributed by atoms with Crippen LogP contribution in [0.3, 0.4) is 0 Å². The summed E-state index contributed by atoms with van der Waals surface area (Å²) in [4.78, 5) is 30.8. The van der Waals surface area contributed by atoms with Crippen LogP contribution < -0.4 is 10.7 Å². The van der Waals surface area contributed by atoms with Crippen molar-refractivity contribution in [2.24, 2.45) is 0 Å². The van der Waals surface area contributed by atoms with Crippen molar-refractivity contribution in [2.75, 3.05) is 5.32 Å². The first-order valence-corrected chi connectivity index (χ1v) is 5.53. The number of para-hydroxylation sites is 1. The van der Waals surface area contributed by atoms with E-state index in [-0.39, 0.29) is 16.9 Å². The zero-order valence-corrected chi connectivity index (χ0v) is 9.68. The smallest absolute Gasteiger partial charge is 0.263 e. The van der Waals surface area contributed by atoms with E-state index in [1.54, 1.807) is 18.2 Å². The number of anilines is 1. The van der Waals surface area contributed by atoms with Crippen molar-refractivity contribution in [3.8, 4) is 0 Å². The minimum atomic E-state index is -0.538. The number of nitrogens with one attached hydrogen (secondary N) is 3. The summed E-state index contributed by atoms with van der Waals surface area (Å²) >= 11 is 0. The van der Waals surface area contributed by atoms with E-state index in [0.29, 0.717) is 10.9 Å². The summed E-state index contributed by atoms with van der Waals surface area (Å²) in [6, 6.07) is 7.00. The van der Waals surface area contributed by atoms with E-state index >= 15 is 0 Å². The van der Waals surface area contributed by atoms with Crippen LogP contribution in [-0.4, -0.2) is 26.1 Å². The molecule has 3 rings (SSSR count). The van der Waals surface area contributed by atoms with E-state index in [9.17, 15) is 9.59 Å². The van der Waals surface area contributed by atoms with Gasteiger partial charge in [-0.05, 0) is 12.1 Å². The first-order valence-electron chi connectivity index (χ1n) is 5.53. The number of carbonyl (C=O) groups is 1. The van der Waals surface area contributed by atoms with E-state index in [1.807, 2.05) is 6.07 Å². The molecule has 19 heavy (non-hydrogen) atoms. The van der Waals surface area contributed by atoms with Crippen molar-refractivity contribution in [1.82, 2.24) is 20.2 Å². The molecule has 7 heteroatoms. The maximum Gasteiger partial charge on any atom is 0.263 e. The number of hydrogen-bond acceptors (Lipinski definition) is 4. The fourth-order valence-corrected chi connectivity index (χ4v) is 1.78. The van der Waals surface area contributed by atoms with Crippen molar-refractivity contribution >= 4 is 22.8 Å². The van der Waals surface area contributed by atoms with Gasteiger partial charge in [-0.3, -0.25) is 14.9 Å². The molecule has 3 N–H and O–H groups in total. The van der Waals surface area contributed by atoms with E-state index < -0.39 is 5.91 Å². The highest BCUT2D eigenvalue weighted by atomic mass is 16.2. The van der Waals surface area contributed by atoms with Crippen LogP contribution in [0.15, 0.2) is 41.6 Å². The number of nitrogens with zero attached hydrogens (tertiary/aromatic N) is 2. The summed E-state index contributed by atoms with van der Waals surface area (Å²) in [5.41, 5.74) is 0.380.